The van der Waals surface area contributed by atoms with Gasteiger partial charge in [0.25, 0.3) is 0 Å². The lowest BCUT2D eigenvalue weighted by atomic mass is 9.65. The highest BCUT2D eigenvalue weighted by Crippen LogP contribution is 2.71. The third-order valence-corrected chi connectivity index (χ3v) is 19.9. The molecule has 0 radical (unpaired) electrons. The van der Waals surface area contributed by atoms with Crippen molar-refractivity contribution in [2.45, 2.75) is 133 Å². The molecule has 6 fully saturated rings. The van der Waals surface area contributed by atoms with E-state index in [0.717, 1.165) is 57.8 Å². The summed E-state index contributed by atoms with van der Waals surface area (Å²) >= 11 is 12.9. The molecule has 0 amide bonds. The fourth-order valence-electron chi connectivity index (χ4n) is 13.9. The largest absolute Gasteiger partial charge is 0.506 e. The smallest absolute Gasteiger partial charge is 0.342 e. The van der Waals surface area contributed by atoms with Crippen LogP contribution in [0.15, 0.2) is 41.5 Å². The number of hydrogen-bond acceptors (Lipinski definition) is 7. The summed E-state index contributed by atoms with van der Waals surface area (Å²) < 4.78 is 13.1. The highest BCUT2D eigenvalue weighted by atomic mass is 35.5. The maximum Gasteiger partial charge on any atom is 0.342 e. The lowest BCUT2D eigenvalue weighted by molar-refractivity contribution is -0.0244. The zero-order valence-corrected chi connectivity index (χ0v) is 38.0. The third-order valence-electron chi connectivity index (χ3n) is 19.4. The van der Waals surface area contributed by atoms with Gasteiger partial charge in [0.05, 0.1) is 17.1 Å². The van der Waals surface area contributed by atoms with Gasteiger partial charge in [0.15, 0.2) is 0 Å². The van der Waals surface area contributed by atoms with E-state index in [0.29, 0.717) is 50.9 Å². The lowest BCUT2D eigenvalue weighted by Crippen LogP contribution is -2.38. The molecule has 0 aliphatic heterocycles. The number of esters is 1. The van der Waals surface area contributed by atoms with Gasteiger partial charge in [0.1, 0.15) is 41.7 Å². The van der Waals surface area contributed by atoms with Crippen LogP contribution in [0.5, 0.6) is 11.5 Å². The molecule has 7 nitrogen and oxygen atoms in total. The van der Waals surface area contributed by atoms with E-state index in [1.54, 1.807) is 12.1 Å². The van der Waals surface area contributed by atoms with Crippen LogP contribution in [0.25, 0.3) is 0 Å². The molecule has 0 aromatic heterocycles. The first-order valence-electron chi connectivity index (χ1n) is 22.0. The molecule has 0 saturated heterocycles. The maximum absolute atomic E-state index is 14.4. The van der Waals surface area contributed by atoms with E-state index in [4.69, 9.17) is 32.7 Å². The van der Waals surface area contributed by atoms with Crippen LogP contribution in [0.4, 0.5) is 5.69 Å². The van der Waals surface area contributed by atoms with Gasteiger partial charge in [-0.25, -0.2) is 14.4 Å². The van der Waals surface area contributed by atoms with E-state index < -0.39 is 5.97 Å². The van der Waals surface area contributed by atoms with Crippen molar-refractivity contribution in [2.75, 3.05) is 18.1 Å². The van der Waals surface area contributed by atoms with Gasteiger partial charge >= 0.3 is 5.97 Å². The van der Waals surface area contributed by atoms with Gasteiger partial charge < -0.3 is 19.5 Å². The van der Waals surface area contributed by atoms with Crippen molar-refractivity contribution < 1.29 is 29.0 Å². The second-order valence-corrected chi connectivity index (χ2v) is 22.6. The van der Waals surface area contributed by atoms with Crippen LogP contribution >= 0.6 is 23.2 Å². The van der Waals surface area contributed by atoms with Gasteiger partial charge in [-0.3, -0.25) is 0 Å². The van der Waals surface area contributed by atoms with Crippen LogP contribution in [-0.4, -0.2) is 42.2 Å². The lowest BCUT2D eigenvalue weighted by Gasteiger charge is -2.40. The molecular weight excluding hydrogens is 781 g/mol. The van der Waals surface area contributed by atoms with Gasteiger partial charge in [-0.05, 0) is 133 Å². The van der Waals surface area contributed by atoms with E-state index in [2.05, 4.69) is 74.2 Å². The third kappa shape index (κ3) is 6.29. The van der Waals surface area contributed by atoms with Crippen molar-refractivity contribution in [1.29, 1.82) is 0 Å². The number of fused-ring (bicyclic) bond motifs is 6. The van der Waals surface area contributed by atoms with Crippen LogP contribution in [0.1, 0.15) is 136 Å². The molecular formula is C50H63Cl2NO6. The second-order valence-electron chi connectivity index (χ2n) is 21.8. The predicted octanol–water partition coefficient (Wildman–Crippen LogP) is 11.9. The molecule has 6 aliphatic rings. The Kier molecular flexibility index (Phi) is 10.4. The van der Waals surface area contributed by atoms with Crippen molar-refractivity contribution in [3.05, 3.63) is 62.7 Å². The van der Waals surface area contributed by atoms with Gasteiger partial charge in [-0.1, -0.05) is 85.5 Å². The molecule has 0 spiro atoms. The number of hydrogen-bond donors (Lipinski definition) is 1. The van der Waals surface area contributed by atoms with E-state index in [1.165, 1.54) is 6.07 Å². The minimum absolute atomic E-state index is 0.00633. The number of phenolic OH excluding ortho intramolecular Hbond substituents is 1. The summed E-state index contributed by atoms with van der Waals surface area (Å²) in [7, 11) is 0. The molecule has 9 unspecified atom stereocenters. The predicted molar refractivity (Wildman–Crippen MR) is 233 cm³/mol. The van der Waals surface area contributed by atoms with Crippen molar-refractivity contribution >= 4 is 46.7 Å². The first-order chi connectivity index (χ1) is 27.6. The Bertz CT molecular complexity index is 2160. The summed E-state index contributed by atoms with van der Waals surface area (Å²) in [4.78, 5) is 42.3. The number of ether oxygens (including phenoxy) is 2. The molecule has 59 heavy (non-hydrogen) atoms. The van der Waals surface area contributed by atoms with Gasteiger partial charge in [-0.2, -0.15) is 0 Å². The van der Waals surface area contributed by atoms with Gasteiger partial charge in [-0.15, -0.1) is 0 Å². The number of carbonyl (C=O) groups excluding carboxylic acids is 3. The highest BCUT2D eigenvalue weighted by Gasteiger charge is 2.64. The Morgan fingerprint density at radius 1 is 0.763 bits per heavy atom. The van der Waals surface area contributed by atoms with Crippen LogP contribution < -0.4 is 9.64 Å². The van der Waals surface area contributed by atoms with Crippen LogP contribution in [0, 0.1) is 62.1 Å². The second kappa shape index (κ2) is 14.4. The van der Waals surface area contributed by atoms with E-state index in [9.17, 15) is 19.5 Å². The number of carbonyl (C=O) groups is 1. The molecule has 2 aromatic carbocycles. The van der Waals surface area contributed by atoms with E-state index in [1.807, 2.05) is 17.0 Å². The zero-order chi connectivity index (χ0) is 42.7. The van der Waals surface area contributed by atoms with Gasteiger partial charge in [0.2, 0.25) is 0 Å². The standard InChI is InChI=1S/C50H63Cl2NO6/c1-45(2)32-12-15-48(45,7)38(19-32)30(26-54)25-53(24-29-18-35(51)22-40(52)43(29)56)36-10-11-37(44(57)59-42-21-34-14-17-50(42,9)47(34,5)6)41(23-36)58-28-31(27-55)39-20-33-13-16-49(39,8)46(33,3)4/h10-11,18,22-23,32-34,38-39,42,56H,12-17,19-21,24-25,28H2,1-9H3. The van der Waals surface area contributed by atoms with Crippen LogP contribution in [0.2, 0.25) is 10.0 Å². The molecule has 6 aliphatic carbocycles. The van der Waals surface area contributed by atoms with Crippen molar-refractivity contribution in [1.82, 2.24) is 0 Å². The van der Waals surface area contributed by atoms with Gasteiger partial charge in [0, 0.05) is 45.8 Å². The molecule has 0 heterocycles. The Hall–Kier alpha value is -3.21. The SMILES string of the molecule is CC1(C)C2CCC1(C)C(OC(=O)c1ccc(N(CC(=C=O)C3CC4CCC3(C)C4(C)C)Cc3cc(Cl)cc(Cl)c3O)cc1OCC(=C=O)C1CC3CCC1(C)C3(C)C)C2. The Labute approximate surface area is 361 Å². The first-order valence-corrected chi connectivity index (χ1v) is 22.8. The fraction of sp³-hybridized carbons (Fsp3) is 0.660. The number of phenols is 1. The number of nitrogens with zero attached hydrogens (tertiary/aromatic N) is 1. The monoisotopic (exact) mass is 843 g/mol. The van der Waals surface area contributed by atoms with Crippen molar-refractivity contribution in [2.24, 2.45) is 62.1 Å². The average Bonchev–Trinajstić information content (AvgIpc) is 3.84. The van der Waals surface area contributed by atoms with Crippen molar-refractivity contribution in [3.8, 4) is 11.5 Å². The Balaban J connectivity index is 1.16. The van der Waals surface area contributed by atoms with E-state index >= 15 is 0 Å². The molecule has 6 bridgehead atoms. The fourth-order valence-corrected chi connectivity index (χ4v) is 14.5. The zero-order valence-electron chi connectivity index (χ0n) is 36.5. The minimum Gasteiger partial charge on any atom is -0.506 e. The van der Waals surface area contributed by atoms with Crippen LogP contribution in [0.3, 0.4) is 0 Å². The summed E-state index contributed by atoms with van der Waals surface area (Å²) in [6.45, 7) is 21.1. The summed E-state index contributed by atoms with van der Waals surface area (Å²) in [6.07, 6.45) is 8.99. The molecule has 9 atom stereocenters. The first kappa shape index (κ1) is 42.5. The molecule has 6 saturated carbocycles. The van der Waals surface area contributed by atoms with E-state index in [-0.39, 0.29) is 86.5 Å². The average molecular weight is 845 g/mol. The highest BCUT2D eigenvalue weighted by molar-refractivity contribution is 6.35. The number of halogens is 2. The number of aromatic hydroxyl groups is 1. The maximum atomic E-state index is 14.4. The molecule has 9 heteroatoms. The molecule has 318 valence electrons. The summed E-state index contributed by atoms with van der Waals surface area (Å²) in [5, 5.41) is 11.7. The summed E-state index contributed by atoms with van der Waals surface area (Å²) in [6, 6.07) is 8.59. The summed E-state index contributed by atoms with van der Waals surface area (Å²) in [5.74, 6) is 6.02. The van der Waals surface area contributed by atoms with Crippen molar-refractivity contribution in [3.63, 3.8) is 0 Å². The summed E-state index contributed by atoms with van der Waals surface area (Å²) in [5.41, 5.74) is 2.66. The van der Waals surface area contributed by atoms with Crippen LogP contribution in [-0.2, 0) is 20.9 Å². The minimum atomic E-state index is -0.456. The quantitative estimate of drug-likeness (QED) is 0.168. The number of rotatable bonds is 12. The molecule has 8 rings (SSSR count). The molecule has 1 N–H and O–H groups in total. The Morgan fingerprint density at radius 2 is 1.31 bits per heavy atom. The number of benzene rings is 2. The normalized spacial score (nSPS) is 35.0. The Morgan fingerprint density at radius 3 is 1.80 bits per heavy atom. The topological polar surface area (TPSA) is 93.1 Å². The number of anilines is 1. The molecule has 2 aromatic rings.